The minimum atomic E-state index is -0.339. The fraction of sp³-hybridized carbons (Fsp3) is 0.429. The molecule has 0 aromatic heterocycles. The molecule has 2 aliphatic heterocycles. The largest absolute Gasteiger partial charge is 0.494 e. The second-order valence-corrected chi connectivity index (χ2v) is 6.13. The van der Waals surface area contributed by atoms with Crippen molar-refractivity contribution in [3.63, 3.8) is 0 Å². The SMILES string of the molecule is COc1ccc(C2CC(C)N=C3SC(C)=NN32)cc1F. The third-order valence-electron chi connectivity index (χ3n) is 3.43. The van der Waals surface area contributed by atoms with E-state index in [1.54, 1.807) is 17.8 Å². The molecule has 2 heterocycles. The van der Waals surface area contributed by atoms with Crippen LogP contribution in [-0.2, 0) is 0 Å². The Morgan fingerprint density at radius 3 is 2.95 bits per heavy atom. The lowest BCUT2D eigenvalue weighted by Crippen LogP contribution is -2.33. The van der Waals surface area contributed by atoms with E-state index in [2.05, 4.69) is 17.0 Å². The average molecular weight is 293 g/mol. The number of halogens is 1. The summed E-state index contributed by atoms with van der Waals surface area (Å²) in [4.78, 5) is 4.60. The van der Waals surface area contributed by atoms with Gasteiger partial charge in [-0.15, -0.1) is 0 Å². The van der Waals surface area contributed by atoms with Crippen LogP contribution in [0.2, 0.25) is 0 Å². The maximum atomic E-state index is 13.9. The standard InChI is InChI=1S/C14H16FN3OS/c1-8-6-12(18-14(16-8)20-9(2)17-18)10-4-5-13(19-3)11(15)7-10/h4-5,7-8,12H,6H2,1-3H3. The number of nitrogens with zero attached hydrogens (tertiary/aromatic N) is 3. The number of hydrogen-bond acceptors (Lipinski definition) is 5. The van der Waals surface area contributed by atoms with Crippen LogP contribution in [0, 0.1) is 5.82 Å². The Hall–Kier alpha value is -1.56. The Balaban J connectivity index is 1.97. The second kappa shape index (κ2) is 5.09. The van der Waals surface area contributed by atoms with Crippen LogP contribution in [0.15, 0.2) is 28.3 Å². The zero-order valence-corrected chi connectivity index (χ0v) is 12.4. The van der Waals surface area contributed by atoms with E-state index in [1.807, 2.05) is 18.0 Å². The molecule has 106 valence electrons. The van der Waals surface area contributed by atoms with Crippen molar-refractivity contribution < 1.29 is 9.13 Å². The predicted octanol–water partition coefficient (Wildman–Crippen LogP) is 3.41. The summed E-state index contributed by atoms with van der Waals surface area (Å²) in [7, 11) is 1.47. The van der Waals surface area contributed by atoms with Crippen molar-refractivity contribution in [2.75, 3.05) is 7.11 Å². The molecular weight excluding hydrogens is 277 g/mol. The Morgan fingerprint density at radius 2 is 2.25 bits per heavy atom. The Labute approximate surface area is 121 Å². The summed E-state index contributed by atoms with van der Waals surface area (Å²) in [6.45, 7) is 4.03. The van der Waals surface area contributed by atoms with Crippen LogP contribution in [0.5, 0.6) is 5.75 Å². The van der Waals surface area contributed by atoms with Gasteiger partial charge in [-0.3, -0.25) is 4.99 Å². The average Bonchev–Trinajstić information content (AvgIpc) is 2.77. The lowest BCUT2D eigenvalue weighted by molar-refractivity contribution is 0.286. The molecule has 20 heavy (non-hydrogen) atoms. The first-order valence-electron chi connectivity index (χ1n) is 6.52. The van der Waals surface area contributed by atoms with Crippen molar-refractivity contribution in [2.45, 2.75) is 32.4 Å². The summed E-state index contributed by atoms with van der Waals surface area (Å²) < 4.78 is 18.9. The first-order chi connectivity index (χ1) is 9.58. The van der Waals surface area contributed by atoms with Gasteiger partial charge in [-0.1, -0.05) is 6.07 Å². The van der Waals surface area contributed by atoms with Crippen molar-refractivity contribution in [2.24, 2.45) is 10.1 Å². The summed E-state index contributed by atoms with van der Waals surface area (Å²) in [6, 6.07) is 5.34. The Kier molecular flexibility index (Phi) is 3.41. The summed E-state index contributed by atoms with van der Waals surface area (Å²) >= 11 is 1.57. The minimum Gasteiger partial charge on any atom is -0.494 e. The molecule has 0 radical (unpaired) electrons. The van der Waals surface area contributed by atoms with Crippen LogP contribution >= 0.6 is 11.8 Å². The molecule has 6 heteroatoms. The van der Waals surface area contributed by atoms with Gasteiger partial charge in [-0.05, 0) is 49.7 Å². The summed E-state index contributed by atoms with van der Waals surface area (Å²) in [5.74, 6) is -0.0729. The van der Waals surface area contributed by atoms with E-state index >= 15 is 0 Å². The molecule has 3 rings (SSSR count). The van der Waals surface area contributed by atoms with E-state index in [-0.39, 0.29) is 23.7 Å². The molecule has 0 fully saturated rings. The predicted molar refractivity (Wildman–Crippen MR) is 79.7 cm³/mol. The Morgan fingerprint density at radius 1 is 1.45 bits per heavy atom. The number of fused-ring (bicyclic) bond motifs is 1. The second-order valence-electron chi connectivity index (χ2n) is 4.97. The third-order valence-corrected chi connectivity index (χ3v) is 4.29. The monoisotopic (exact) mass is 293 g/mol. The number of thioether (sulfide) groups is 1. The lowest BCUT2D eigenvalue weighted by atomic mass is 9.98. The van der Waals surface area contributed by atoms with E-state index in [0.717, 1.165) is 22.2 Å². The van der Waals surface area contributed by atoms with Crippen LogP contribution < -0.4 is 4.74 Å². The van der Waals surface area contributed by atoms with Gasteiger partial charge >= 0.3 is 0 Å². The number of hydrogen-bond donors (Lipinski definition) is 0. The summed E-state index contributed by atoms with van der Waals surface area (Å²) in [5.41, 5.74) is 0.904. The van der Waals surface area contributed by atoms with Crippen molar-refractivity contribution in [1.29, 1.82) is 0 Å². The minimum absolute atomic E-state index is 0.0304. The van der Waals surface area contributed by atoms with E-state index in [9.17, 15) is 4.39 Å². The number of aliphatic imine (C=N–C) groups is 1. The molecule has 0 saturated carbocycles. The zero-order chi connectivity index (χ0) is 14.3. The maximum Gasteiger partial charge on any atom is 0.186 e. The van der Waals surface area contributed by atoms with Crippen LogP contribution in [0.1, 0.15) is 31.9 Å². The number of rotatable bonds is 2. The number of hydrazone groups is 1. The van der Waals surface area contributed by atoms with Gasteiger partial charge in [0.15, 0.2) is 16.7 Å². The number of ether oxygens (including phenoxy) is 1. The highest BCUT2D eigenvalue weighted by Crippen LogP contribution is 2.38. The molecule has 1 aromatic rings. The maximum absolute atomic E-state index is 13.9. The first kappa shape index (κ1) is 13.4. The quantitative estimate of drug-likeness (QED) is 0.838. The third kappa shape index (κ3) is 2.28. The highest BCUT2D eigenvalue weighted by Gasteiger charge is 2.34. The molecule has 4 nitrogen and oxygen atoms in total. The van der Waals surface area contributed by atoms with Crippen LogP contribution in [0.4, 0.5) is 4.39 Å². The normalized spacial score (nSPS) is 25.1. The molecule has 0 N–H and O–H groups in total. The molecular formula is C14H16FN3OS. The molecule has 0 aliphatic carbocycles. The van der Waals surface area contributed by atoms with E-state index in [0.29, 0.717) is 0 Å². The van der Waals surface area contributed by atoms with Crippen molar-refractivity contribution in [3.05, 3.63) is 29.6 Å². The molecule has 2 unspecified atom stereocenters. The van der Waals surface area contributed by atoms with Gasteiger partial charge in [-0.25, -0.2) is 9.40 Å². The fourth-order valence-corrected chi connectivity index (χ4v) is 3.40. The van der Waals surface area contributed by atoms with Gasteiger partial charge in [-0.2, -0.15) is 5.10 Å². The number of methoxy groups -OCH3 is 1. The van der Waals surface area contributed by atoms with Crippen LogP contribution in [0.3, 0.4) is 0 Å². The molecule has 1 aromatic carbocycles. The fourth-order valence-electron chi connectivity index (χ4n) is 2.51. The van der Waals surface area contributed by atoms with Crippen LogP contribution in [-0.4, -0.2) is 28.4 Å². The highest BCUT2D eigenvalue weighted by atomic mass is 32.2. The highest BCUT2D eigenvalue weighted by molar-refractivity contribution is 8.26. The Bertz CT molecular complexity index is 602. The topological polar surface area (TPSA) is 37.2 Å². The van der Waals surface area contributed by atoms with E-state index in [1.165, 1.54) is 13.2 Å². The number of benzene rings is 1. The lowest BCUT2D eigenvalue weighted by Gasteiger charge is -2.32. The summed E-state index contributed by atoms with van der Waals surface area (Å²) in [5, 5.41) is 8.28. The van der Waals surface area contributed by atoms with Crippen molar-refractivity contribution in [3.8, 4) is 5.75 Å². The van der Waals surface area contributed by atoms with Gasteiger partial charge in [0.1, 0.15) is 0 Å². The molecule has 0 spiro atoms. The van der Waals surface area contributed by atoms with Gasteiger partial charge < -0.3 is 4.74 Å². The molecule has 0 bridgehead atoms. The van der Waals surface area contributed by atoms with Crippen molar-refractivity contribution in [1.82, 2.24) is 5.01 Å². The molecule has 0 amide bonds. The summed E-state index contributed by atoms with van der Waals surface area (Å²) in [6.07, 6.45) is 0.826. The molecule has 0 saturated heterocycles. The number of amidine groups is 1. The smallest absolute Gasteiger partial charge is 0.186 e. The van der Waals surface area contributed by atoms with Gasteiger partial charge in [0.2, 0.25) is 0 Å². The van der Waals surface area contributed by atoms with E-state index in [4.69, 9.17) is 4.74 Å². The first-order valence-corrected chi connectivity index (χ1v) is 7.33. The van der Waals surface area contributed by atoms with Gasteiger partial charge in [0.25, 0.3) is 0 Å². The molecule has 2 aliphatic rings. The van der Waals surface area contributed by atoms with E-state index < -0.39 is 0 Å². The van der Waals surface area contributed by atoms with Gasteiger partial charge in [0, 0.05) is 0 Å². The zero-order valence-electron chi connectivity index (χ0n) is 11.6. The van der Waals surface area contributed by atoms with Crippen LogP contribution in [0.25, 0.3) is 0 Å². The molecule has 2 atom stereocenters. The van der Waals surface area contributed by atoms with Gasteiger partial charge in [0.05, 0.1) is 24.2 Å². The van der Waals surface area contributed by atoms with Crippen molar-refractivity contribution >= 4 is 22.0 Å².